The molecule has 0 aromatic carbocycles. The molecule has 5 heteroatoms. The van der Waals surface area contributed by atoms with Crippen LogP contribution in [0.3, 0.4) is 0 Å². The molecular weight excluding hydrogens is 131 g/mol. The minimum absolute atomic E-state index is 0. The summed E-state index contributed by atoms with van der Waals surface area (Å²) in [4.78, 5) is 0. The summed E-state index contributed by atoms with van der Waals surface area (Å²) in [6, 6.07) is 0. The number of hydrogen-bond donors (Lipinski definition) is 4. The molecule has 0 saturated carbocycles. The summed E-state index contributed by atoms with van der Waals surface area (Å²) in [5, 5.41) is 16.7. The van der Waals surface area contributed by atoms with Gasteiger partial charge in [-0.25, -0.2) is 0 Å². The van der Waals surface area contributed by atoms with E-state index < -0.39 is 7.12 Å². The Kier molecular flexibility index (Phi) is 14.7. The van der Waals surface area contributed by atoms with E-state index in [1.54, 1.807) is 0 Å². The van der Waals surface area contributed by atoms with Gasteiger partial charge < -0.3 is 22.3 Å². The fourth-order valence-electron chi connectivity index (χ4n) is 0.482. The Morgan fingerprint density at radius 2 is 1.60 bits per heavy atom. The van der Waals surface area contributed by atoms with Crippen molar-refractivity contribution in [2.24, 2.45) is 5.92 Å². The van der Waals surface area contributed by atoms with E-state index in [-0.39, 0.29) is 12.3 Å². The van der Waals surface area contributed by atoms with E-state index in [0.717, 1.165) is 6.42 Å². The number of hydrogen-bond acceptors (Lipinski definition) is 4. The molecule has 64 valence electrons. The Hall–Kier alpha value is -0.0951. The van der Waals surface area contributed by atoms with Crippen LogP contribution in [-0.2, 0) is 0 Å². The van der Waals surface area contributed by atoms with Crippen molar-refractivity contribution < 1.29 is 10.0 Å². The van der Waals surface area contributed by atoms with Crippen LogP contribution in [0.15, 0.2) is 0 Å². The lowest BCUT2D eigenvalue weighted by atomic mass is 9.82. The van der Waals surface area contributed by atoms with E-state index in [4.69, 9.17) is 10.0 Å². The molecule has 0 fully saturated rings. The maximum atomic E-state index is 8.36. The summed E-state index contributed by atoms with van der Waals surface area (Å²) < 4.78 is 0. The van der Waals surface area contributed by atoms with Crippen LogP contribution in [0.1, 0.15) is 20.3 Å². The van der Waals surface area contributed by atoms with Gasteiger partial charge in [0.25, 0.3) is 0 Å². The van der Waals surface area contributed by atoms with Crippen molar-refractivity contribution in [3.63, 3.8) is 0 Å². The van der Waals surface area contributed by atoms with Gasteiger partial charge in [0.1, 0.15) is 0 Å². The van der Waals surface area contributed by atoms with E-state index in [2.05, 4.69) is 13.8 Å². The largest absolute Gasteiger partial charge is 0.451 e. The van der Waals surface area contributed by atoms with Crippen molar-refractivity contribution in [2.45, 2.75) is 26.6 Å². The Morgan fingerprint density at radius 3 is 1.70 bits per heavy atom. The second-order valence-electron chi connectivity index (χ2n) is 2.45. The van der Waals surface area contributed by atoms with Gasteiger partial charge in [-0.3, -0.25) is 0 Å². The summed E-state index contributed by atoms with van der Waals surface area (Å²) >= 11 is 0. The summed E-state index contributed by atoms with van der Waals surface area (Å²) in [6.45, 7) is 4.12. The third-order valence-corrected chi connectivity index (χ3v) is 1.00. The minimum Gasteiger partial charge on any atom is -0.427 e. The quantitative estimate of drug-likeness (QED) is 0.446. The van der Waals surface area contributed by atoms with Crippen molar-refractivity contribution >= 4 is 7.12 Å². The van der Waals surface area contributed by atoms with Crippen LogP contribution in [0.4, 0.5) is 0 Å². The zero-order valence-electron chi connectivity index (χ0n) is 6.88. The van der Waals surface area contributed by atoms with Crippen LogP contribution in [-0.4, -0.2) is 17.2 Å². The van der Waals surface area contributed by atoms with Gasteiger partial charge in [-0.1, -0.05) is 20.3 Å². The third kappa shape index (κ3) is 15.7. The maximum absolute atomic E-state index is 8.36. The molecule has 0 radical (unpaired) electrons. The van der Waals surface area contributed by atoms with E-state index in [0.29, 0.717) is 12.2 Å². The topological polar surface area (TPSA) is 110 Å². The van der Waals surface area contributed by atoms with Crippen LogP contribution < -0.4 is 12.3 Å². The van der Waals surface area contributed by atoms with Crippen molar-refractivity contribution in [2.75, 3.05) is 0 Å². The van der Waals surface area contributed by atoms with Gasteiger partial charge in [-0.15, -0.1) is 0 Å². The van der Waals surface area contributed by atoms with Crippen LogP contribution >= 0.6 is 0 Å². The average molecular weight is 150 g/mol. The highest BCUT2D eigenvalue weighted by atomic mass is 16.4. The molecule has 0 aliphatic rings. The first-order chi connectivity index (χ1) is 3.63. The lowest BCUT2D eigenvalue weighted by molar-refractivity contribution is 0.397. The molecule has 0 spiro atoms. The fraction of sp³-hybridized carbons (Fsp3) is 1.00. The smallest absolute Gasteiger partial charge is 0.427 e. The molecule has 0 atom stereocenters. The summed E-state index contributed by atoms with van der Waals surface area (Å²) in [5.41, 5.74) is 0. The SMILES string of the molecule is CC(C)CCB(O)O.N.N. The first-order valence-electron chi connectivity index (χ1n) is 2.99. The van der Waals surface area contributed by atoms with Gasteiger partial charge in [0.2, 0.25) is 0 Å². The highest BCUT2D eigenvalue weighted by Gasteiger charge is 2.05. The molecule has 4 nitrogen and oxygen atoms in total. The summed E-state index contributed by atoms with van der Waals surface area (Å²) in [7, 11) is -1.11. The molecule has 0 aliphatic carbocycles. The molecule has 0 unspecified atom stereocenters. The van der Waals surface area contributed by atoms with Crippen LogP contribution in [0.2, 0.25) is 6.32 Å². The van der Waals surface area contributed by atoms with Gasteiger partial charge >= 0.3 is 7.12 Å². The molecule has 0 aromatic rings. The predicted octanol–water partition coefficient (Wildman–Crippen LogP) is 0.829. The van der Waals surface area contributed by atoms with E-state index in [1.807, 2.05) is 0 Å². The van der Waals surface area contributed by atoms with Gasteiger partial charge in [0.05, 0.1) is 0 Å². The molecule has 0 saturated heterocycles. The molecule has 10 heavy (non-hydrogen) atoms. The third-order valence-electron chi connectivity index (χ3n) is 1.00. The monoisotopic (exact) mass is 150 g/mol. The zero-order chi connectivity index (χ0) is 6.57. The Labute approximate surface area is 63.0 Å². The Balaban J connectivity index is -0.000000245. The second-order valence-corrected chi connectivity index (χ2v) is 2.45. The number of rotatable bonds is 3. The van der Waals surface area contributed by atoms with E-state index >= 15 is 0 Å². The summed E-state index contributed by atoms with van der Waals surface area (Å²) in [5.74, 6) is 0.566. The molecule has 0 aromatic heterocycles. The Morgan fingerprint density at radius 1 is 1.20 bits per heavy atom. The van der Waals surface area contributed by atoms with Crippen LogP contribution in [0, 0.1) is 5.92 Å². The first-order valence-corrected chi connectivity index (χ1v) is 2.99. The maximum Gasteiger partial charge on any atom is 0.451 e. The molecule has 0 amide bonds. The normalized spacial score (nSPS) is 8.10. The van der Waals surface area contributed by atoms with Crippen molar-refractivity contribution in [3.05, 3.63) is 0 Å². The molecule has 0 heterocycles. The van der Waals surface area contributed by atoms with Crippen LogP contribution in [0.25, 0.3) is 0 Å². The van der Waals surface area contributed by atoms with Gasteiger partial charge in [-0.2, -0.15) is 0 Å². The van der Waals surface area contributed by atoms with E-state index in [1.165, 1.54) is 0 Å². The molecule has 8 N–H and O–H groups in total. The highest BCUT2D eigenvalue weighted by molar-refractivity contribution is 6.40. The van der Waals surface area contributed by atoms with Gasteiger partial charge in [0.15, 0.2) is 0 Å². The highest BCUT2D eigenvalue weighted by Crippen LogP contribution is 2.03. The van der Waals surface area contributed by atoms with Crippen LogP contribution in [0.5, 0.6) is 0 Å². The fourth-order valence-corrected chi connectivity index (χ4v) is 0.482. The first kappa shape index (κ1) is 16.5. The molecule has 0 bridgehead atoms. The Bertz CT molecular complexity index is 53.6. The zero-order valence-corrected chi connectivity index (χ0v) is 6.88. The van der Waals surface area contributed by atoms with Gasteiger partial charge in [0, 0.05) is 0 Å². The van der Waals surface area contributed by atoms with Gasteiger partial charge in [-0.05, 0) is 12.2 Å². The molecule has 0 aliphatic heterocycles. The lowest BCUT2D eigenvalue weighted by Crippen LogP contribution is -2.10. The molecule has 0 rings (SSSR count). The summed E-state index contributed by atoms with van der Waals surface area (Å²) in [6.07, 6.45) is 1.38. The predicted molar refractivity (Wildman–Crippen MR) is 44.5 cm³/mol. The minimum atomic E-state index is -1.11. The van der Waals surface area contributed by atoms with Crippen molar-refractivity contribution in [1.29, 1.82) is 0 Å². The lowest BCUT2D eigenvalue weighted by Gasteiger charge is -2.00. The van der Waals surface area contributed by atoms with Crippen molar-refractivity contribution in [1.82, 2.24) is 12.3 Å². The second kappa shape index (κ2) is 8.90. The van der Waals surface area contributed by atoms with E-state index in [9.17, 15) is 0 Å². The standard InChI is InChI=1S/C5H13BO2.2H3N/c1-5(2)3-4-6(7)8;;/h5,7-8H,3-4H2,1-2H3;2*1H3. The average Bonchev–Trinajstić information content (AvgIpc) is 1.61. The van der Waals surface area contributed by atoms with Crippen molar-refractivity contribution in [3.8, 4) is 0 Å². The molecular formula is C5H19BN2O2.